The lowest BCUT2D eigenvalue weighted by Crippen LogP contribution is -2.13. The van der Waals surface area contributed by atoms with Gasteiger partial charge in [0.2, 0.25) is 0 Å². The molecule has 0 radical (unpaired) electrons. The van der Waals surface area contributed by atoms with E-state index in [0.717, 1.165) is 15.2 Å². The lowest BCUT2D eigenvalue weighted by atomic mass is 10.0. The normalized spacial score (nSPS) is 10.5. The highest BCUT2D eigenvalue weighted by Crippen LogP contribution is 2.19. The molecule has 0 fully saturated rings. The summed E-state index contributed by atoms with van der Waals surface area (Å²) in [6.07, 6.45) is 1.62. The number of amides is 1. The Balaban J connectivity index is 1.87. The zero-order valence-corrected chi connectivity index (χ0v) is 13.6. The van der Waals surface area contributed by atoms with Gasteiger partial charge in [-0.05, 0) is 57.0 Å². The fourth-order valence-corrected chi connectivity index (χ4v) is 2.43. The number of amidine groups is 1. The van der Waals surface area contributed by atoms with Crippen molar-refractivity contribution in [3.8, 4) is 0 Å². The Morgan fingerprint density at radius 2 is 1.70 bits per heavy atom. The lowest BCUT2D eigenvalue weighted by Gasteiger charge is -2.07. The first-order valence-electron chi connectivity index (χ1n) is 6.84. The summed E-state index contributed by atoms with van der Waals surface area (Å²) in [7, 11) is 0. The fourth-order valence-electron chi connectivity index (χ4n) is 2.19. The number of nitrogen functional groups attached to an aromatic ring is 1. The average molecular weight is 369 g/mol. The predicted octanol–water partition coefficient (Wildman–Crippen LogP) is 3.53. The van der Waals surface area contributed by atoms with Gasteiger partial charge in [0.15, 0.2) is 0 Å². The molecule has 0 aliphatic carbocycles. The average Bonchev–Trinajstić information content (AvgIpc) is 2.55. The van der Waals surface area contributed by atoms with E-state index in [1.54, 1.807) is 30.5 Å². The first-order valence-corrected chi connectivity index (χ1v) is 7.63. The first kappa shape index (κ1) is 15.2. The van der Waals surface area contributed by atoms with Gasteiger partial charge in [-0.25, -0.2) is 4.98 Å². The number of fused-ring (bicyclic) bond motifs is 1. The van der Waals surface area contributed by atoms with Gasteiger partial charge >= 0.3 is 0 Å². The van der Waals surface area contributed by atoms with Gasteiger partial charge in [0, 0.05) is 21.8 Å². The molecule has 0 aliphatic rings. The molecule has 0 bridgehead atoms. The quantitative estimate of drug-likeness (QED) is 0.487. The van der Waals surface area contributed by atoms with Crippen LogP contribution in [0.15, 0.2) is 59.2 Å². The van der Waals surface area contributed by atoms with Crippen molar-refractivity contribution in [1.82, 2.24) is 4.98 Å². The van der Waals surface area contributed by atoms with E-state index in [2.05, 4.69) is 26.2 Å². The topological polar surface area (TPSA) is 91.9 Å². The van der Waals surface area contributed by atoms with Crippen LogP contribution in [0.4, 0.5) is 5.82 Å². The van der Waals surface area contributed by atoms with Gasteiger partial charge in [0.1, 0.15) is 11.7 Å². The van der Waals surface area contributed by atoms with Crippen molar-refractivity contribution in [2.24, 2.45) is 5.73 Å². The molecule has 3 rings (SSSR count). The maximum Gasteiger partial charge on any atom is 0.256 e. The van der Waals surface area contributed by atoms with E-state index in [9.17, 15) is 4.79 Å². The predicted molar refractivity (Wildman–Crippen MR) is 94.9 cm³/mol. The standard InChI is InChI=1S/C17H13BrN4O/c18-14-5-6-15(21-9-14)22-17(23)13-4-2-10-7-12(16(19)20)3-1-11(10)8-13/h1-9H,(H3,19,20)(H,21,22,23). The highest BCUT2D eigenvalue weighted by atomic mass is 79.9. The maximum atomic E-state index is 12.3. The molecule has 0 saturated heterocycles. The summed E-state index contributed by atoms with van der Waals surface area (Å²) in [5.74, 6) is 0.289. The number of nitrogens with one attached hydrogen (secondary N) is 2. The van der Waals surface area contributed by atoms with Gasteiger partial charge in [-0.2, -0.15) is 0 Å². The van der Waals surface area contributed by atoms with Crippen LogP contribution in [0.3, 0.4) is 0 Å². The monoisotopic (exact) mass is 368 g/mol. The van der Waals surface area contributed by atoms with Crippen LogP contribution in [0, 0.1) is 5.41 Å². The Kier molecular flexibility index (Phi) is 4.08. The lowest BCUT2D eigenvalue weighted by molar-refractivity contribution is 0.102. The SMILES string of the molecule is N=C(N)c1ccc2cc(C(=O)Nc3ccc(Br)cn3)ccc2c1. The van der Waals surface area contributed by atoms with E-state index in [0.29, 0.717) is 16.9 Å². The largest absolute Gasteiger partial charge is 0.384 e. The molecular weight excluding hydrogens is 356 g/mol. The maximum absolute atomic E-state index is 12.3. The van der Waals surface area contributed by atoms with Crippen molar-refractivity contribution in [3.63, 3.8) is 0 Å². The van der Waals surface area contributed by atoms with Crippen LogP contribution in [0.5, 0.6) is 0 Å². The molecule has 1 aromatic heterocycles. The van der Waals surface area contributed by atoms with E-state index < -0.39 is 0 Å². The van der Waals surface area contributed by atoms with Crippen LogP contribution in [0.1, 0.15) is 15.9 Å². The number of hydrogen-bond acceptors (Lipinski definition) is 3. The van der Waals surface area contributed by atoms with Gasteiger partial charge in [-0.15, -0.1) is 0 Å². The molecule has 3 aromatic rings. The van der Waals surface area contributed by atoms with Crippen LogP contribution in [-0.4, -0.2) is 16.7 Å². The molecule has 4 N–H and O–H groups in total. The Labute approximate surface area is 141 Å². The van der Waals surface area contributed by atoms with Crippen LogP contribution in [-0.2, 0) is 0 Å². The van der Waals surface area contributed by atoms with Crippen LogP contribution in [0.25, 0.3) is 10.8 Å². The Morgan fingerprint density at radius 3 is 2.30 bits per heavy atom. The first-order chi connectivity index (χ1) is 11.0. The van der Waals surface area contributed by atoms with Crippen molar-refractivity contribution in [1.29, 1.82) is 5.41 Å². The highest BCUT2D eigenvalue weighted by molar-refractivity contribution is 9.10. The van der Waals surface area contributed by atoms with Crippen LogP contribution >= 0.6 is 15.9 Å². The second-order valence-electron chi connectivity index (χ2n) is 5.01. The van der Waals surface area contributed by atoms with E-state index in [1.807, 2.05) is 24.3 Å². The van der Waals surface area contributed by atoms with Gasteiger partial charge in [-0.3, -0.25) is 10.2 Å². The van der Waals surface area contributed by atoms with Crippen molar-refractivity contribution < 1.29 is 4.79 Å². The smallest absolute Gasteiger partial charge is 0.256 e. The highest BCUT2D eigenvalue weighted by Gasteiger charge is 2.08. The number of halogens is 1. The van der Waals surface area contributed by atoms with Crippen LogP contribution < -0.4 is 11.1 Å². The van der Waals surface area contributed by atoms with Gasteiger partial charge in [-0.1, -0.05) is 18.2 Å². The third-order valence-corrected chi connectivity index (χ3v) is 3.85. The second-order valence-corrected chi connectivity index (χ2v) is 5.92. The van der Waals surface area contributed by atoms with E-state index in [4.69, 9.17) is 11.1 Å². The Hall–Kier alpha value is -2.73. The summed E-state index contributed by atoms with van der Waals surface area (Å²) >= 11 is 3.30. The molecule has 0 aliphatic heterocycles. The molecule has 23 heavy (non-hydrogen) atoms. The molecule has 0 atom stereocenters. The summed E-state index contributed by atoms with van der Waals surface area (Å²) < 4.78 is 0.850. The molecule has 0 spiro atoms. The minimum Gasteiger partial charge on any atom is -0.384 e. The molecule has 6 heteroatoms. The minimum absolute atomic E-state index is 0.0232. The number of nitrogens with two attached hydrogens (primary N) is 1. The molecule has 2 aromatic carbocycles. The van der Waals surface area contributed by atoms with E-state index in [1.165, 1.54) is 0 Å². The number of rotatable bonds is 3. The Bertz CT molecular complexity index is 906. The van der Waals surface area contributed by atoms with Crippen molar-refractivity contribution in [2.45, 2.75) is 0 Å². The second kappa shape index (κ2) is 6.18. The zero-order chi connectivity index (χ0) is 16.4. The van der Waals surface area contributed by atoms with Gasteiger partial charge in [0.25, 0.3) is 5.91 Å². The molecule has 0 saturated carbocycles. The third-order valence-electron chi connectivity index (χ3n) is 3.38. The van der Waals surface area contributed by atoms with Crippen molar-refractivity contribution >= 4 is 44.3 Å². The molecule has 0 unspecified atom stereocenters. The molecule has 1 amide bonds. The molecule has 114 valence electrons. The van der Waals surface area contributed by atoms with E-state index >= 15 is 0 Å². The summed E-state index contributed by atoms with van der Waals surface area (Å²) in [4.78, 5) is 16.4. The summed E-state index contributed by atoms with van der Waals surface area (Å²) in [6, 6.07) is 14.4. The number of anilines is 1. The summed E-state index contributed by atoms with van der Waals surface area (Å²) in [6.45, 7) is 0. The fraction of sp³-hybridized carbons (Fsp3) is 0. The zero-order valence-electron chi connectivity index (χ0n) is 12.0. The van der Waals surface area contributed by atoms with Gasteiger partial charge < -0.3 is 11.1 Å². The number of benzene rings is 2. The molecule has 5 nitrogen and oxygen atoms in total. The van der Waals surface area contributed by atoms with Gasteiger partial charge in [0.05, 0.1) is 0 Å². The van der Waals surface area contributed by atoms with Crippen LogP contribution in [0.2, 0.25) is 0 Å². The van der Waals surface area contributed by atoms with E-state index in [-0.39, 0.29) is 11.7 Å². The number of carbonyl (C=O) groups is 1. The van der Waals surface area contributed by atoms with Crippen molar-refractivity contribution in [2.75, 3.05) is 5.32 Å². The number of carbonyl (C=O) groups excluding carboxylic acids is 1. The number of aromatic nitrogens is 1. The summed E-state index contributed by atoms with van der Waals surface area (Å²) in [5.41, 5.74) is 6.69. The van der Waals surface area contributed by atoms with Crippen molar-refractivity contribution in [3.05, 3.63) is 70.3 Å². The third kappa shape index (κ3) is 3.37. The number of pyridine rings is 1. The number of hydrogen-bond donors (Lipinski definition) is 3. The molecule has 1 heterocycles. The Morgan fingerprint density at radius 1 is 1.04 bits per heavy atom. The molecular formula is C17H13BrN4O. The minimum atomic E-state index is -0.225. The summed E-state index contributed by atoms with van der Waals surface area (Å²) in [5, 5.41) is 12.1. The number of nitrogens with zero attached hydrogens (tertiary/aromatic N) is 1.